The number of aryl methyl sites for hydroxylation is 2. The van der Waals surface area contributed by atoms with Gasteiger partial charge >= 0.3 is 0 Å². The molecule has 3 rings (SSSR count). The van der Waals surface area contributed by atoms with Crippen LogP contribution < -0.4 is 5.32 Å². The van der Waals surface area contributed by atoms with Crippen LogP contribution in [0.1, 0.15) is 34.8 Å². The van der Waals surface area contributed by atoms with Gasteiger partial charge in [-0.05, 0) is 32.1 Å². The molecule has 3 nitrogen and oxygen atoms in total. The van der Waals surface area contributed by atoms with Crippen molar-refractivity contribution in [3.63, 3.8) is 0 Å². The summed E-state index contributed by atoms with van der Waals surface area (Å²) in [6.45, 7) is 2.76. The highest BCUT2D eigenvalue weighted by Crippen LogP contribution is 2.27. The Morgan fingerprint density at radius 2 is 2.19 bits per heavy atom. The summed E-state index contributed by atoms with van der Waals surface area (Å²) in [6.07, 6.45) is 6.05. The molecule has 1 fully saturated rings. The third-order valence-corrected chi connectivity index (χ3v) is 4.56. The molecule has 0 atom stereocenters. The number of nitrogens with zero attached hydrogens (tertiary/aromatic N) is 1. The maximum Gasteiger partial charge on any atom is 0.107 e. The molecule has 0 spiro atoms. The summed E-state index contributed by atoms with van der Waals surface area (Å²) in [5.41, 5.74) is 1.37. The fraction of sp³-hybridized carbons (Fsp3) is 0.750. The van der Waals surface area contributed by atoms with E-state index in [1.165, 1.54) is 34.8 Å². The highest BCUT2D eigenvalue weighted by Gasteiger charge is 2.18. The number of thiazole rings is 1. The molecule has 16 heavy (non-hydrogen) atoms. The van der Waals surface area contributed by atoms with Gasteiger partial charge in [-0.1, -0.05) is 0 Å². The number of nitrogens with one attached hydrogen (secondary N) is 1. The number of fused-ring (bicyclic) bond motifs is 1. The lowest BCUT2D eigenvalue weighted by Crippen LogP contribution is -2.34. The highest BCUT2D eigenvalue weighted by atomic mass is 32.1. The van der Waals surface area contributed by atoms with Crippen molar-refractivity contribution >= 4 is 11.3 Å². The van der Waals surface area contributed by atoms with Gasteiger partial charge in [0.25, 0.3) is 0 Å². The molecule has 1 saturated heterocycles. The molecule has 1 aromatic heterocycles. The maximum atomic E-state index is 5.35. The average molecular weight is 238 g/mol. The molecule has 0 aromatic carbocycles. The monoisotopic (exact) mass is 238 g/mol. The van der Waals surface area contributed by atoms with Crippen molar-refractivity contribution in [1.82, 2.24) is 10.3 Å². The Bertz CT molecular complexity index is 336. The number of hydrogen-bond donors (Lipinski definition) is 1. The van der Waals surface area contributed by atoms with Crippen molar-refractivity contribution in [2.45, 2.75) is 44.7 Å². The SMILES string of the molecule is C1Cc2nc(CNC3CCOCC3)sc2C1. The van der Waals surface area contributed by atoms with E-state index in [0.29, 0.717) is 6.04 Å². The Morgan fingerprint density at radius 1 is 1.31 bits per heavy atom. The number of hydrogen-bond acceptors (Lipinski definition) is 4. The molecular weight excluding hydrogens is 220 g/mol. The van der Waals surface area contributed by atoms with Gasteiger partial charge < -0.3 is 10.1 Å². The summed E-state index contributed by atoms with van der Waals surface area (Å²) in [6, 6.07) is 0.632. The van der Waals surface area contributed by atoms with Gasteiger partial charge in [-0.2, -0.15) is 0 Å². The Morgan fingerprint density at radius 3 is 3.00 bits per heavy atom. The predicted octanol–water partition coefficient (Wildman–Crippen LogP) is 1.90. The van der Waals surface area contributed by atoms with E-state index in [-0.39, 0.29) is 0 Å². The maximum absolute atomic E-state index is 5.35. The minimum Gasteiger partial charge on any atom is -0.381 e. The van der Waals surface area contributed by atoms with Crippen LogP contribution in [0, 0.1) is 0 Å². The molecule has 0 amide bonds. The fourth-order valence-electron chi connectivity index (χ4n) is 2.45. The van der Waals surface area contributed by atoms with E-state index in [9.17, 15) is 0 Å². The molecule has 0 radical (unpaired) electrons. The molecule has 1 aliphatic heterocycles. The van der Waals surface area contributed by atoms with Crippen LogP contribution in [0.5, 0.6) is 0 Å². The summed E-state index contributed by atoms with van der Waals surface area (Å²) in [4.78, 5) is 6.23. The van der Waals surface area contributed by atoms with Crippen molar-refractivity contribution in [3.05, 3.63) is 15.6 Å². The van der Waals surface area contributed by atoms with E-state index >= 15 is 0 Å². The first-order valence-corrected chi connectivity index (χ1v) is 7.02. The van der Waals surface area contributed by atoms with Crippen molar-refractivity contribution in [1.29, 1.82) is 0 Å². The van der Waals surface area contributed by atoms with Crippen LogP contribution in [0.25, 0.3) is 0 Å². The first-order valence-electron chi connectivity index (χ1n) is 6.20. The van der Waals surface area contributed by atoms with Gasteiger partial charge in [0.15, 0.2) is 0 Å². The topological polar surface area (TPSA) is 34.2 Å². The molecule has 1 N–H and O–H groups in total. The van der Waals surface area contributed by atoms with Crippen molar-refractivity contribution < 1.29 is 4.74 Å². The minimum absolute atomic E-state index is 0.632. The van der Waals surface area contributed by atoms with E-state index < -0.39 is 0 Å². The summed E-state index contributed by atoms with van der Waals surface area (Å²) in [5, 5.41) is 4.87. The van der Waals surface area contributed by atoms with Crippen LogP contribution in [-0.4, -0.2) is 24.2 Å². The lowest BCUT2D eigenvalue weighted by molar-refractivity contribution is 0.0776. The third kappa shape index (κ3) is 2.29. The molecule has 1 aliphatic carbocycles. The molecule has 1 aromatic rings. The minimum atomic E-state index is 0.632. The fourth-order valence-corrected chi connectivity index (χ4v) is 3.56. The van der Waals surface area contributed by atoms with Gasteiger partial charge in [-0.25, -0.2) is 4.98 Å². The van der Waals surface area contributed by atoms with Crippen LogP contribution in [0.15, 0.2) is 0 Å². The van der Waals surface area contributed by atoms with Gasteiger partial charge in [0.2, 0.25) is 0 Å². The molecule has 2 aliphatic rings. The van der Waals surface area contributed by atoms with Crippen LogP contribution in [0.2, 0.25) is 0 Å². The summed E-state index contributed by atoms with van der Waals surface area (Å²) < 4.78 is 5.35. The Hall–Kier alpha value is -0.450. The van der Waals surface area contributed by atoms with E-state index in [0.717, 1.165) is 32.6 Å². The van der Waals surface area contributed by atoms with E-state index in [2.05, 4.69) is 5.32 Å². The molecule has 0 unspecified atom stereocenters. The summed E-state index contributed by atoms with van der Waals surface area (Å²) in [7, 11) is 0. The molecule has 88 valence electrons. The zero-order chi connectivity index (χ0) is 10.8. The smallest absolute Gasteiger partial charge is 0.107 e. The van der Waals surface area contributed by atoms with Gasteiger partial charge in [0, 0.05) is 30.7 Å². The van der Waals surface area contributed by atoms with Gasteiger partial charge in [0.1, 0.15) is 5.01 Å². The van der Waals surface area contributed by atoms with Crippen LogP contribution >= 0.6 is 11.3 Å². The van der Waals surface area contributed by atoms with E-state index in [4.69, 9.17) is 9.72 Å². The normalized spacial score (nSPS) is 21.2. The van der Waals surface area contributed by atoms with Crippen molar-refractivity contribution in [2.24, 2.45) is 0 Å². The molecule has 0 bridgehead atoms. The summed E-state index contributed by atoms with van der Waals surface area (Å²) >= 11 is 1.91. The average Bonchev–Trinajstić information content (AvgIpc) is 2.88. The Balaban J connectivity index is 1.53. The van der Waals surface area contributed by atoms with Gasteiger partial charge in [-0.15, -0.1) is 11.3 Å². The number of rotatable bonds is 3. The van der Waals surface area contributed by atoms with Gasteiger partial charge in [0.05, 0.1) is 5.69 Å². The van der Waals surface area contributed by atoms with Crippen molar-refractivity contribution in [2.75, 3.05) is 13.2 Å². The lowest BCUT2D eigenvalue weighted by atomic mass is 10.1. The molecule has 2 heterocycles. The van der Waals surface area contributed by atoms with Crippen LogP contribution in [-0.2, 0) is 24.1 Å². The van der Waals surface area contributed by atoms with Crippen LogP contribution in [0.3, 0.4) is 0 Å². The van der Waals surface area contributed by atoms with Gasteiger partial charge in [-0.3, -0.25) is 0 Å². The molecule has 0 saturated carbocycles. The highest BCUT2D eigenvalue weighted by molar-refractivity contribution is 7.11. The summed E-state index contributed by atoms with van der Waals surface area (Å²) in [5.74, 6) is 0. The first-order chi connectivity index (χ1) is 7.92. The quantitative estimate of drug-likeness (QED) is 0.873. The van der Waals surface area contributed by atoms with Crippen molar-refractivity contribution in [3.8, 4) is 0 Å². The number of ether oxygens (including phenoxy) is 1. The van der Waals surface area contributed by atoms with E-state index in [1.807, 2.05) is 11.3 Å². The zero-order valence-corrected chi connectivity index (χ0v) is 10.3. The standard InChI is InChI=1S/C12H18N2OS/c1-2-10-11(3-1)16-12(14-10)8-13-9-4-6-15-7-5-9/h9,13H,1-8H2. The molecule has 4 heteroatoms. The predicted molar refractivity (Wildman–Crippen MR) is 64.8 cm³/mol. The lowest BCUT2D eigenvalue weighted by Gasteiger charge is -2.22. The van der Waals surface area contributed by atoms with E-state index in [1.54, 1.807) is 0 Å². The zero-order valence-electron chi connectivity index (χ0n) is 9.50. The second-order valence-corrected chi connectivity index (χ2v) is 5.77. The van der Waals surface area contributed by atoms with Crippen LogP contribution in [0.4, 0.5) is 0 Å². The second kappa shape index (κ2) is 4.82. The Labute approximate surface area is 100 Å². The Kier molecular flexibility index (Phi) is 3.22. The third-order valence-electron chi connectivity index (χ3n) is 3.40. The second-order valence-electron chi connectivity index (χ2n) is 4.60. The largest absolute Gasteiger partial charge is 0.381 e. The first kappa shape index (κ1) is 10.7. The molecular formula is C12H18N2OS. The number of aromatic nitrogens is 1.